The number of rotatable bonds is 17. The molecule has 1 aliphatic rings. The summed E-state index contributed by atoms with van der Waals surface area (Å²) in [5, 5.41) is 0. The molecule has 1 aromatic rings. The number of hydrogen-bond acceptors (Lipinski definition) is 2. The van der Waals surface area contributed by atoms with E-state index in [1.165, 1.54) is 82.6 Å². The lowest BCUT2D eigenvalue weighted by molar-refractivity contribution is 0.261. The average Bonchev–Trinajstić information content (AvgIpc) is 3.52. The van der Waals surface area contributed by atoms with E-state index in [9.17, 15) is 0 Å². The van der Waals surface area contributed by atoms with E-state index in [0.29, 0.717) is 12.7 Å². The summed E-state index contributed by atoms with van der Waals surface area (Å²) in [6.07, 6.45) is 22.3. The van der Waals surface area contributed by atoms with E-state index in [0.717, 1.165) is 18.8 Å². The van der Waals surface area contributed by atoms with Gasteiger partial charge in [-0.1, -0.05) is 88.6 Å². The Morgan fingerprint density at radius 1 is 0.889 bits per heavy atom. The van der Waals surface area contributed by atoms with Gasteiger partial charge < -0.3 is 9.47 Å². The SMILES string of the molecule is CCC/C=C/CCCCCCCCCCCc1ccccc1OCC1CO1. The Hall–Kier alpha value is -1.28. The van der Waals surface area contributed by atoms with E-state index in [2.05, 4.69) is 43.3 Å². The number of ether oxygens (including phenoxy) is 2. The Bertz CT molecular complexity index is 505. The molecular weight excluding hydrogens is 332 g/mol. The summed E-state index contributed by atoms with van der Waals surface area (Å²) < 4.78 is 11.1. The van der Waals surface area contributed by atoms with Gasteiger partial charge in [0.25, 0.3) is 0 Å². The molecule has 27 heavy (non-hydrogen) atoms. The van der Waals surface area contributed by atoms with E-state index < -0.39 is 0 Å². The van der Waals surface area contributed by atoms with Gasteiger partial charge in [0.05, 0.1) is 6.61 Å². The first-order chi connectivity index (χ1) is 13.4. The van der Waals surface area contributed by atoms with Gasteiger partial charge in [-0.15, -0.1) is 0 Å². The van der Waals surface area contributed by atoms with Gasteiger partial charge in [0.15, 0.2) is 0 Å². The molecule has 1 heterocycles. The minimum absolute atomic E-state index is 0.329. The number of hydrogen-bond donors (Lipinski definition) is 0. The van der Waals surface area contributed by atoms with Gasteiger partial charge in [0, 0.05) is 0 Å². The zero-order valence-electron chi connectivity index (χ0n) is 17.5. The first-order valence-electron chi connectivity index (χ1n) is 11.4. The molecule has 0 radical (unpaired) electrons. The summed E-state index contributed by atoms with van der Waals surface area (Å²) in [5.74, 6) is 1.05. The first-order valence-corrected chi connectivity index (χ1v) is 11.4. The van der Waals surface area contributed by atoms with Gasteiger partial charge in [-0.2, -0.15) is 0 Å². The van der Waals surface area contributed by atoms with Crippen LogP contribution in [0, 0.1) is 0 Å². The second-order valence-corrected chi connectivity index (χ2v) is 7.85. The molecule has 0 bridgehead atoms. The summed E-state index contributed by atoms with van der Waals surface area (Å²) in [6, 6.07) is 8.49. The maximum Gasteiger partial charge on any atom is 0.122 e. The molecule has 0 amide bonds. The zero-order valence-corrected chi connectivity index (χ0v) is 17.5. The van der Waals surface area contributed by atoms with Crippen molar-refractivity contribution in [3.63, 3.8) is 0 Å². The maximum absolute atomic E-state index is 5.90. The second kappa shape index (κ2) is 14.7. The maximum atomic E-state index is 5.90. The summed E-state index contributed by atoms with van der Waals surface area (Å²) >= 11 is 0. The minimum Gasteiger partial charge on any atom is -0.491 e. The van der Waals surface area contributed by atoms with Crippen molar-refractivity contribution in [2.24, 2.45) is 0 Å². The molecule has 0 saturated carbocycles. The van der Waals surface area contributed by atoms with Crippen LogP contribution in [0.4, 0.5) is 0 Å². The highest BCUT2D eigenvalue weighted by atomic mass is 16.6. The lowest BCUT2D eigenvalue weighted by Gasteiger charge is -2.10. The minimum atomic E-state index is 0.329. The number of aryl methyl sites for hydroxylation is 1. The normalized spacial score (nSPS) is 16.1. The van der Waals surface area contributed by atoms with Gasteiger partial charge in [-0.25, -0.2) is 0 Å². The predicted molar refractivity (Wildman–Crippen MR) is 116 cm³/mol. The summed E-state index contributed by atoms with van der Waals surface area (Å²) in [4.78, 5) is 0. The van der Waals surface area contributed by atoms with E-state index >= 15 is 0 Å². The Morgan fingerprint density at radius 3 is 2.22 bits per heavy atom. The van der Waals surface area contributed by atoms with E-state index in [1.54, 1.807) is 0 Å². The fourth-order valence-corrected chi connectivity index (χ4v) is 3.42. The van der Waals surface area contributed by atoms with Gasteiger partial charge in [0.1, 0.15) is 18.5 Å². The van der Waals surface area contributed by atoms with Crippen LogP contribution in [-0.2, 0) is 11.2 Å². The average molecular weight is 373 g/mol. The number of benzene rings is 1. The van der Waals surface area contributed by atoms with Crippen LogP contribution in [0.15, 0.2) is 36.4 Å². The lowest BCUT2D eigenvalue weighted by atomic mass is 10.0. The number of allylic oxidation sites excluding steroid dienone is 2. The van der Waals surface area contributed by atoms with Crippen molar-refractivity contribution in [2.75, 3.05) is 13.2 Å². The highest BCUT2D eigenvalue weighted by Crippen LogP contribution is 2.22. The zero-order chi connectivity index (χ0) is 19.0. The molecule has 0 N–H and O–H groups in total. The fourth-order valence-electron chi connectivity index (χ4n) is 3.42. The van der Waals surface area contributed by atoms with Crippen molar-refractivity contribution in [1.82, 2.24) is 0 Å². The molecule has 152 valence electrons. The summed E-state index contributed by atoms with van der Waals surface area (Å²) in [7, 11) is 0. The monoisotopic (exact) mass is 372 g/mol. The molecule has 2 heteroatoms. The molecule has 0 aromatic heterocycles. The number of unbranched alkanes of at least 4 members (excludes halogenated alkanes) is 10. The topological polar surface area (TPSA) is 21.8 Å². The highest BCUT2D eigenvalue weighted by Gasteiger charge is 2.23. The van der Waals surface area contributed by atoms with Crippen LogP contribution in [0.3, 0.4) is 0 Å². The van der Waals surface area contributed by atoms with E-state index in [-0.39, 0.29) is 0 Å². The third kappa shape index (κ3) is 11.2. The standard InChI is InChI=1S/C25H40O2/c1-2-3-4-5-6-7-8-9-10-11-12-13-14-15-18-23-19-16-17-20-25(23)27-22-24-21-26-24/h4-5,16-17,19-20,24H,2-3,6-15,18,21-22H2,1H3/b5-4+. The molecule has 0 aliphatic carbocycles. The van der Waals surface area contributed by atoms with Crippen LogP contribution < -0.4 is 4.74 Å². The van der Waals surface area contributed by atoms with Gasteiger partial charge >= 0.3 is 0 Å². The van der Waals surface area contributed by atoms with Crippen LogP contribution in [0.25, 0.3) is 0 Å². The van der Waals surface area contributed by atoms with Gasteiger partial charge in [0.2, 0.25) is 0 Å². The quantitative estimate of drug-likeness (QED) is 0.163. The summed E-state index contributed by atoms with van der Waals surface area (Å²) in [6.45, 7) is 3.80. The largest absolute Gasteiger partial charge is 0.491 e. The first kappa shape index (κ1) is 22.0. The predicted octanol–water partition coefficient (Wildman–Crippen LogP) is 7.26. The van der Waals surface area contributed by atoms with Crippen molar-refractivity contribution >= 4 is 0 Å². The Morgan fingerprint density at radius 2 is 1.52 bits per heavy atom. The molecule has 1 atom stereocenters. The van der Waals surface area contributed by atoms with Crippen LogP contribution in [0.5, 0.6) is 5.75 Å². The van der Waals surface area contributed by atoms with Crippen molar-refractivity contribution in [1.29, 1.82) is 0 Å². The van der Waals surface area contributed by atoms with Crippen molar-refractivity contribution in [3.05, 3.63) is 42.0 Å². The lowest BCUT2D eigenvalue weighted by Crippen LogP contribution is -2.05. The Kier molecular flexibility index (Phi) is 12.0. The van der Waals surface area contributed by atoms with E-state index in [1.807, 2.05) is 0 Å². The molecule has 1 saturated heterocycles. The van der Waals surface area contributed by atoms with Crippen LogP contribution in [0.1, 0.15) is 89.5 Å². The smallest absolute Gasteiger partial charge is 0.122 e. The second-order valence-electron chi connectivity index (χ2n) is 7.85. The molecule has 0 spiro atoms. The molecule has 1 aliphatic heterocycles. The molecule has 1 aromatic carbocycles. The summed E-state index contributed by atoms with van der Waals surface area (Å²) in [5.41, 5.74) is 1.35. The van der Waals surface area contributed by atoms with Gasteiger partial charge in [-0.3, -0.25) is 0 Å². The van der Waals surface area contributed by atoms with E-state index in [4.69, 9.17) is 9.47 Å². The third-order valence-corrected chi connectivity index (χ3v) is 5.24. The Labute approximate surface area is 167 Å². The number of para-hydroxylation sites is 1. The highest BCUT2D eigenvalue weighted by molar-refractivity contribution is 5.33. The van der Waals surface area contributed by atoms with Crippen molar-refractivity contribution < 1.29 is 9.47 Å². The van der Waals surface area contributed by atoms with Crippen LogP contribution >= 0.6 is 0 Å². The molecular formula is C25H40O2. The molecule has 2 nitrogen and oxygen atoms in total. The van der Waals surface area contributed by atoms with Crippen molar-refractivity contribution in [3.8, 4) is 5.75 Å². The molecule has 1 fully saturated rings. The molecule has 2 rings (SSSR count). The third-order valence-electron chi connectivity index (χ3n) is 5.24. The van der Waals surface area contributed by atoms with Gasteiger partial charge in [-0.05, 0) is 43.7 Å². The fraction of sp³-hybridized carbons (Fsp3) is 0.680. The Balaban J connectivity index is 1.40. The van der Waals surface area contributed by atoms with Crippen molar-refractivity contribution in [2.45, 2.75) is 96.5 Å². The molecule has 1 unspecified atom stereocenters. The van der Waals surface area contributed by atoms with Crippen LogP contribution in [-0.4, -0.2) is 19.3 Å². The number of epoxide rings is 1. The van der Waals surface area contributed by atoms with Crippen LogP contribution in [0.2, 0.25) is 0 Å².